The van der Waals surface area contributed by atoms with Crippen molar-refractivity contribution < 1.29 is 58.6 Å². The standard InChI is InChI=1S/C15H23N2O14P/c18-3-5-8(20)10(22)12(24)14(30-5)31-32(26,27)28-4-6-9(21)11(23)13(29-6)17-2-1-7(19)16-15(17)25/h1-2,5-6,8-14,18,20-24H,3-4H2,(H,26,27)(H,16,19,25)/t5-,6-,8-,9-,10+,11-,12-,13-,14?/m1/s1. The molecular weight excluding hydrogens is 463 g/mol. The highest BCUT2D eigenvalue weighted by Crippen LogP contribution is 2.47. The molecule has 0 radical (unpaired) electrons. The van der Waals surface area contributed by atoms with Crippen molar-refractivity contribution >= 4 is 7.82 Å². The molecule has 1 aromatic rings. The van der Waals surface area contributed by atoms with Gasteiger partial charge in [-0.1, -0.05) is 0 Å². The first kappa shape index (κ1) is 25.1. The molecule has 3 heterocycles. The summed E-state index contributed by atoms with van der Waals surface area (Å²) in [7, 11) is -5.04. The number of nitrogens with zero attached hydrogens (tertiary/aromatic N) is 1. The summed E-state index contributed by atoms with van der Waals surface area (Å²) in [6.45, 7) is -1.63. The first-order valence-corrected chi connectivity index (χ1v) is 10.7. The lowest BCUT2D eigenvalue weighted by Crippen LogP contribution is -2.58. The largest absolute Gasteiger partial charge is 0.474 e. The van der Waals surface area contributed by atoms with Crippen molar-refractivity contribution in [1.29, 1.82) is 0 Å². The third kappa shape index (κ3) is 5.17. The average Bonchev–Trinajstić information content (AvgIpc) is 3.01. The summed E-state index contributed by atoms with van der Waals surface area (Å²) >= 11 is 0. The first-order chi connectivity index (χ1) is 14.9. The van der Waals surface area contributed by atoms with Gasteiger partial charge >= 0.3 is 13.5 Å². The molecule has 0 aliphatic carbocycles. The fraction of sp³-hybridized carbons (Fsp3) is 0.733. The highest BCUT2D eigenvalue weighted by atomic mass is 31.2. The van der Waals surface area contributed by atoms with E-state index in [0.717, 1.165) is 16.8 Å². The number of rotatable bonds is 7. The molecule has 182 valence electrons. The van der Waals surface area contributed by atoms with E-state index in [4.69, 9.17) is 19.1 Å². The smallest absolute Gasteiger partial charge is 0.394 e. The number of aromatic amines is 1. The zero-order valence-corrected chi connectivity index (χ0v) is 17.0. The molecular formula is C15H23N2O14P. The molecule has 8 N–H and O–H groups in total. The second kappa shape index (κ2) is 9.76. The van der Waals surface area contributed by atoms with E-state index in [9.17, 15) is 44.6 Å². The molecule has 0 bridgehead atoms. The number of aliphatic hydroxyl groups is 6. The Morgan fingerprint density at radius 1 is 1.00 bits per heavy atom. The Labute approximate surface area is 178 Å². The predicted molar refractivity (Wildman–Crippen MR) is 97.9 cm³/mol. The lowest BCUT2D eigenvalue weighted by Gasteiger charge is -2.39. The minimum Gasteiger partial charge on any atom is -0.394 e. The monoisotopic (exact) mass is 486 g/mol. The van der Waals surface area contributed by atoms with Crippen molar-refractivity contribution in [2.45, 2.75) is 55.2 Å². The van der Waals surface area contributed by atoms with Gasteiger partial charge in [-0.25, -0.2) is 9.36 Å². The van der Waals surface area contributed by atoms with Crippen LogP contribution in [0.15, 0.2) is 21.9 Å². The minimum atomic E-state index is -5.04. The van der Waals surface area contributed by atoms with E-state index in [2.05, 4.69) is 4.52 Å². The summed E-state index contributed by atoms with van der Waals surface area (Å²) in [4.78, 5) is 34.8. The van der Waals surface area contributed by atoms with Crippen LogP contribution in [0.4, 0.5) is 0 Å². The van der Waals surface area contributed by atoms with E-state index in [1.54, 1.807) is 0 Å². The molecule has 2 aliphatic rings. The number of phosphoric ester groups is 1. The van der Waals surface area contributed by atoms with Gasteiger partial charge in [0.1, 0.15) is 42.7 Å². The average molecular weight is 486 g/mol. The second-order valence-electron chi connectivity index (χ2n) is 7.13. The molecule has 2 unspecified atom stereocenters. The molecule has 0 saturated carbocycles. The molecule has 2 saturated heterocycles. The van der Waals surface area contributed by atoms with E-state index >= 15 is 0 Å². The summed E-state index contributed by atoms with van der Waals surface area (Å²) < 4.78 is 32.6. The fourth-order valence-corrected chi connectivity index (χ4v) is 4.04. The summed E-state index contributed by atoms with van der Waals surface area (Å²) in [6, 6.07) is 0.976. The quantitative estimate of drug-likeness (QED) is 0.168. The highest BCUT2D eigenvalue weighted by molar-refractivity contribution is 7.47. The molecule has 10 atom stereocenters. The van der Waals surface area contributed by atoms with Crippen LogP contribution in [-0.4, -0.2) is 107 Å². The number of H-pyrrole nitrogens is 1. The maximum absolute atomic E-state index is 12.2. The Hall–Kier alpha value is -1.53. The van der Waals surface area contributed by atoms with Gasteiger partial charge in [-0.3, -0.25) is 23.4 Å². The fourth-order valence-electron chi connectivity index (χ4n) is 3.21. The van der Waals surface area contributed by atoms with Gasteiger partial charge in [0.05, 0.1) is 13.2 Å². The Balaban J connectivity index is 1.63. The van der Waals surface area contributed by atoms with E-state index in [1.807, 2.05) is 4.98 Å². The van der Waals surface area contributed by atoms with Gasteiger partial charge < -0.3 is 45.0 Å². The summed E-state index contributed by atoms with van der Waals surface area (Å²) in [5.74, 6) is 0. The van der Waals surface area contributed by atoms with Crippen molar-refractivity contribution in [3.8, 4) is 0 Å². The van der Waals surface area contributed by atoms with Crippen molar-refractivity contribution in [3.63, 3.8) is 0 Å². The molecule has 0 amide bonds. The number of hydrogen-bond donors (Lipinski definition) is 8. The maximum atomic E-state index is 12.2. The second-order valence-corrected chi connectivity index (χ2v) is 8.54. The molecule has 0 spiro atoms. The zero-order chi connectivity index (χ0) is 23.8. The van der Waals surface area contributed by atoms with E-state index in [1.165, 1.54) is 0 Å². The number of aliphatic hydroxyl groups excluding tert-OH is 6. The van der Waals surface area contributed by atoms with Gasteiger partial charge in [-0.2, -0.15) is 0 Å². The zero-order valence-electron chi connectivity index (χ0n) is 16.1. The lowest BCUT2D eigenvalue weighted by atomic mass is 10.00. The molecule has 0 aromatic carbocycles. The van der Waals surface area contributed by atoms with Crippen LogP contribution in [0, 0.1) is 0 Å². The van der Waals surface area contributed by atoms with Crippen LogP contribution in [0.2, 0.25) is 0 Å². The van der Waals surface area contributed by atoms with E-state index < -0.39 is 87.5 Å². The number of hydrogen-bond acceptors (Lipinski definition) is 13. The summed E-state index contributed by atoms with van der Waals surface area (Å²) in [6.07, 6.45) is -14.1. The summed E-state index contributed by atoms with van der Waals surface area (Å²) in [5, 5.41) is 58.6. The van der Waals surface area contributed by atoms with Gasteiger partial charge in [-0.15, -0.1) is 0 Å². The third-order valence-electron chi connectivity index (χ3n) is 4.95. The molecule has 1 aromatic heterocycles. The van der Waals surface area contributed by atoms with Gasteiger partial charge in [0.15, 0.2) is 12.5 Å². The van der Waals surface area contributed by atoms with Gasteiger partial charge in [-0.05, 0) is 0 Å². The van der Waals surface area contributed by atoms with Crippen LogP contribution in [-0.2, 0) is 23.1 Å². The number of aromatic nitrogens is 2. The van der Waals surface area contributed by atoms with Gasteiger partial charge in [0.2, 0.25) is 0 Å². The van der Waals surface area contributed by atoms with Crippen LogP contribution in [0.25, 0.3) is 0 Å². The van der Waals surface area contributed by atoms with E-state index in [-0.39, 0.29) is 0 Å². The van der Waals surface area contributed by atoms with Crippen LogP contribution in [0.5, 0.6) is 0 Å². The first-order valence-electron chi connectivity index (χ1n) is 9.24. The van der Waals surface area contributed by atoms with Crippen molar-refractivity contribution in [2.24, 2.45) is 0 Å². The Morgan fingerprint density at radius 2 is 1.66 bits per heavy atom. The Bertz CT molecular complexity index is 951. The normalized spacial score (nSPS) is 39.7. The molecule has 16 nitrogen and oxygen atoms in total. The summed E-state index contributed by atoms with van der Waals surface area (Å²) in [5.41, 5.74) is -1.64. The Morgan fingerprint density at radius 3 is 2.28 bits per heavy atom. The van der Waals surface area contributed by atoms with Crippen molar-refractivity contribution in [3.05, 3.63) is 33.1 Å². The molecule has 3 rings (SSSR count). The number of phosphoric acid groups is 1. The molecule has 17 heteroatoms. The Kier molecular flexibility index (Phi) is 7.66. The predicted octanol–water partition coefficient (Wildman–Crippen LogP) is -4.91. The van der Waals surface area contributed by atoms with Crippen molar-refractivity contribution in [2.75, 3.05) is 13.2 Å². The lowest BCUT2D eigenvalue weighted by molar-refractivity contribution is -0.281. The SMILES string of the molecule is O=c1ccn([C@@H]2O[C@H](COP(=O)(O)OC3O[C@H](CO)[C@@H](O)[C@H](O)[C@H]3O)[C@@H](O)[C@H]2O)c(=O)[nH]1. The molecule has 2 fully saturated rings. The van der Waals surface area contributed by atoms with Gasteiger partial charge in [0, 0.05) is 12.3 Å². The van der Waals surface area contributed by atoms with Crippen LogP contribution in [0.1, 0.15) is 6.23 Å². The van der Waals surface area contributed by atoms with Gasteiger partial charge in [0.25, 0.3) is 5.56 Å². The van der Waals surface area contributed by atoms with Crippen molar-refractivity contribution in [1.82, 2.24) is 9.55 Å². The van der Waals surface area contributed by atoms with Crippen LogP contribution >= 0.6 is 7.82 Å². The molecule has 32 heavy (non-hydrogen) atoms. The topological polar surface area (TPSA) is 250 Å². The number of nitrogens with one attached hydrogen (secondary N) is 1. The van der Waals surface area contributed by atoms with Crippen LogP contribution in [0.3, 0.4) is 0 Å². The highest BCUT2D eigenvalue weighted by Gasteiger charge is 2.48. The maximum Gasteiger partial charge on any atom is 0.474 e. The third-order valence-corrected chi connectivity index (χ3v) is 5.90. The van der Waals surface area contributed by atoms with Crippen LogP contribution < -0.4 is 11.2 Å². The number of ether oxygens (including phenoxy) is 2. The minimum absolute atomic E-state index is 0.703. The molecule has 2 aliphatic heterocycles. The van der Waals surface area contributed by atoms with E-state index in [0.29, 0.717) is 0 Å².